The fraction of sp³-hybridized carbons (Fsp3) is 0.636. The molecule has 3 heterocycles. The number of piperidine rings is 1. The molecular weight excluding hydrogens is 358 g/mol. The van der Waals surface area contributed by atoms with E-state index >= 15 is 0 Å². The topological polar surface area (TPSA) is 87.1 Å². The Bertz CT molecular complexity index is 958. The number of hydrogen-bond donors (Lipinski definition) is 2. The van der Waals surface area contributed by atoms with Crippen LogP contribution in [0.2, 0.25) is 0 Å². The standard InChI is InChI=1S/C22H25NO5/c1-10-8-23-9-11-3-4-13(24)15-12-5-6-28-20(26)16(12)17-18(15)21(11,2)14(23)7-22(10,27)19(17)25/h10-11,14,25,27H,3-9H2,1-2H3/t10-,11+,14+,21+,22-/m0/s1. The van der Waals surface area contributed by atoms with E-state index in [1.807, 2.05) is 6.92 Å². The van der Waals surface area contributed by atoms with Gasteiger partial charge < -0.3 is 14.9 Å². The van der Waals surface area contributed by atoms with Crippen LogP contribution in [-0.4, -0.2) is 58.2 Å². The largest absolute Gasteiger partial charge is 0.509 e. The molecule has 6 rings (SSSR count). The number of ether oxygens (including phenoxy) is 1. The van der Waals surface area contributed by atoms with Crippen molar-refractivity contribution in [3.63, 3.8) is 0 Å². The molecular formula is C22H25NO5. The summed E-state index contributed by atoms with van der Waals surface area (Å²) in [5, 5.41) is 23.1. The van der Waals surface area contributed by atoms with Gasteiger partial charge in [0, 0.05) is 60.9 Å². The summed E-state index contributed by atoms with van der Waals surface area (Å²) in [5.41, 5.74) is 1.18. The second kappa shape index (κ2) is 4.97. The Kier molecular flexibility index (Phi) is 3.02. The van der Waals surface area contributed by atoms with Gasteiger partial charge >= 0.3 is 5.97 Å². The highest BCUT2D eigenvalue weighted by molar-refractivity contribution is 6.11. The van der Waals surface area contributed by atoms with Crippen LogP contribution in [0.4, 0.5) is 0 Å². The number of carbonyl (C=O) groups is 2. The molecule has 2 bridgehead atoms. The lowest BCUT2D eigenvalue weighted by atomic mass is 9.65. The first-order valence-electron chi connectivity index (χ1n) is 10.4. The van der Waals surface area contributed by atoms with Crippen LogP contribution < -0.4 is 0 Å². The van der Waals surface area contributed by atoms with Crippen molar-refractivity contribution < 1.29 is 24.5 Å². The number of esters is 1. The van der Waals surface area contributed by atoms with Gasteiger partial charge in [-0.25, -0.2) is 4.79 Å². The molecule has 0 amide bonds. The number of allylic oxidation sites excluding steroid dienone is 1. The monoisotopic (exact) mass is 383 g/mol. The number of ketones is 1. The molecule has 0 spiro atoms. The predicted molar refractivity (Wildman–Crippen MR) is 99.2 cm³/mol. The molecule has 6 aliphatic rings. The van der Waals surface area contributed by atoms with Gasteiger partial charge in [-0.15, -0.1) is 0 Å². The van der Waals surface area contributed by atoms with E-state index in [2.05, 4.69) is 11.8 Å². The van der Waals surface area contributed by atoms with Crippen molar-refractivity contribution in [1.29, 1.82) is 0 Å². The number of aliphatic hydroxyl groups excluding tert-OH is 1. The lowest BCUT2D eigenvalue weighted by molar-refractivity contribution is -0.139. The Balaban J connectivity index is 1.76. The van der Waals surface area contributed by atoms with E-state index in [9.17, 15) is 19.8 Å². The zero-order chi connectivity index (χ0) is 19.6. The highest BCUT2D eigenvalue weighted by Gasteiger charge is 2.66. The minimum atomic E-state index is -1.39. The van der Waals surface area contributed by atoms with Crippen LogP contribution >= 0.6 is 0 Å². The summed E-state index contributed by atoms with van der Waals surface area (Å²) in [7, 11) is 0. The lowest BCUT2D eigenvalue weighted by Gasteiger charge is -2.47. The van der Waals surface area contributed by atoms with Crippen molar-refractivity contribution in [3.05, 3.63) is 33.6 Å². The molecule has 0 unspecified atom stereocenters. The average Bonchev–Trinajstić information content (AvgIpc) is 3.09. The highest BCUT2D eigenvalue weighted by Crippen LogP contribution is 2.64. The molecule has 0 aromatic carbocycles. The molecule has 6 nitrogen and oxygen atoms in total. The van der Waals surface area contributed by atoms with Crippen molar-refractivity contribution in [3.8, 4) is 0 Å². The SMILES string of the molecule is C[C@H]1CN2C[C@H]3CCC(=O)C4=C5C(=C(O)[C@]1(O)C[C@@H]2[C@]53C)C1=C4CCOC1=O. The maximum absolute atomic E-state index is 13.2. The van der Waals surface area contributed by atoms with E-state index in [1.165, 1.54) is 0 Å². The smallest absolute Gasteiger partial charge is 0.339 e. The Morgan fingerprint density at radius 2 is 1.93 bits per heavy atom. The van der Waals surface area contributed by atoms with Gasteiger partial charge in [-0.1, -0.05) is 13.8 Å². The molecule has 148 valence electrons. The summed E-state index contributed by atoms with van der Waals surface area (Å²) in [4.78, 5) is 28.5. The molecule has 28 heavy (non-hydrogen) atoms. The first kappa shape index (κ1) is 17.0. The summed E-state index contributed by atoms with van der Waals surface area (Å²) in [5.74, 6) is -0.436. The predicted octanol–water partition coefficient (Wildman–Crippen LogP) is 1.81. The van der Waals surface area contributed by atoms with Crippen molar-refractivity contribution >= 4 is 11.8 Å². The van der Waals surface area contributed by atoms with E-state index in [-0.39, 0.29) is 41.4 Å². The number of nitrogens with zero attached hydrogens (tertiary/aromatic N) is 1. The molecule has 0 aromatic heterocycles. The number of carbonyl (C=O) groups excluding carboxylic acids is 2. The maximum Gasteiger partial charge on any atom is 0.339 e. The molecule has 5 atom stereocenters. The van der Waals surface area contributed by atoms with Crippen LogP contribution in [0.1, 0.15) is 39.5 Å². The van der Waals surface area contributed by atoms with Crippen LogP contribution in [0.3, 0.4) is 0 Å². The van der Waals surface area contributed by atoms with Crippen molar-refractivity contribution in [1.82, 2.24) is 4.90 Å². The first-order valence-corrected chi connectivity index (χ1v) is 10.4. The molecule has 2 saturated heterocycles. The van der Waals surface area contributed by atoms with Crippen molar-refractivity contribution in [2.45, 2.75) is 51.2 Å². The van der Waals surface area contributed by atoms with E-state index in [4.69, 9.17) is 4.74 Å². The van der Waals surface area contributed by atoms with Crippen LogP contribution in [0, 0.1) is 17.3 Å². The second-order valence-electron chi connectivity index (χ2n) is 9.65. The number of cyclic esters (lactones) is 1. The van der Waals surface area contributed by atoms with Gasteiger partial charge in [-0.3, -0.25) is 9.69 Å². The normalized spacial score (nSPS) is 44.6. The Labute approximate surface area is 163 Å². The Morgan fingerprint density at radius 3 is 2.71 bits per heavy atom. The van der Waals surface area contributed by atoms with Gasteiger partial charge in [0.1, 0.15) is 11.4 Å². The maximum atomic E-state index is 13.2. The average molecular weight is 383 g/mol. The third-order valence-electron chi connectivity index (χ3n) is 8.59. The molecule has 0 aromatic rings. The van der Waals surface area contributed by atoms with Gasteiger partial charge in [0.25, 0.3) is 0 Å². The quantitative estimate of drug-likeness (QED) is 0.621. The molecule has 6 heteroatoms. The molecule has 2 fully saturated rings. The third kappa shape index (κ3) is 1.65. The van der Waals surface area contributed by atoms with Crippen LogP contribution in [0.15, 0.2) is 33.6 Å². The highest BCUT2D eigenvalue weighted by atomic mass is 16.5. The minimum Gasteiger partial charge on any atom is -0.509 e. The fourth-order valence-electron chi connectivity index (χ4n) is 7.08. The number of Topliss-reactive ketones (excluding diaryl/α,β-unsaturated/α-hetero) is 1. The number of aliphatic hydroxyl groups is 2. The number of rotatable bonds is 0. The minimum absolute atomic E-state index is 0.0478. The van der Waals surface area contributed by atoms with Gasteiger partial charge in [-0.2, -0.15) is 0 Å². The zero-order valence-electron chi connectivity index (χ0n) is 16.2. The summed E-state index contributed by atoms with van der Waals surface area (Å²) >= 11 is 0. The fourth-order valence-corrected chi connectivity index (χ4v) is 7.08. The number of hydrogen-bond acceptors (Lipinski definition) is 6. The van der Waals surface area contributed by atoms with E-state index in [1.54, 1.807) is 0 Å². The summed E-state index contributed by atoms with van der Waals surface area (Å²) in [6.45, 7) is 6.01. The zero-order valence-corrected chi connectivity index (χ0v) is 16.2. The molecule has 2 N–H and O–H groups in total. The molecule has 0 radical (unpaired) electrons. The molecule has 0 saturated carbocycles. The second-order valence-corrected chi connectivity index (χ2v) is 9.65. The van der Waals surface area contributed by atoms with E-state index in [0.717, 1.165) is 24.1 Å². The van der Waals surface area contributed by atoms with E-state index in [0.29, 0.717) is 42.5 Å². The van der Waals surface area contributed by atoms with Crippen molar-refractivity contribution in [2.75, 3.05) is 19.7 Å². The summed E-state index contributed by atoms with van der Waals surface area (Å²) in [6.07, 6.45) is 2.20. The number of fused-ring (bicyclic) bond motifs is 3. The van der Waals surface area contributed by atoms with Gasteiger partial charge in [-0.05, 0) is 23.5 Å². The van der Waals surface area contributed by atoms with Crippen molar-refractivity contribution in [2.24, 2.45) is 17.3 Å². The Morgan fingerprint density at radius 1 is 1.14 bits per heavy atom. The third-order valence-corrected chi connectivity index (χ3v) is 8.59. The lowest BCUT2D eigenvalue weighted by Crippen LogP contribution is -2.56. The van der Waals surface area contributed by atoms with Gasteiger partial charge in [0.15, 0.2) is 5.78 Å². The van der Waals surface area contributed by atoms with Crippen LogP contribution in [0.5, 0.6) is 0 Å². The van der Waals surface area contributed by atoms with E-state index < -0.39 is 11.6 Å². The van der Waals surface area contributed by atoms with Crippen LogP contribution in [0.25, 0.3) is 0 Å². The summed E-state index contributed by atoms with van der Waals surface area (Å²) in [6, 6.07) is 0.0478. The Hall–Kier alpha value is -1.92. The van der Waals surface area contributed by atoms with Gasteiger partial charge in [0.05, 0.1) is 12.2 Å². The first-order chi connectivity index (χ1) is 13.3. The molecule has 3 aliphatic carbocycles. The molecule has 3 aliphatic heterocycles. The summed E-state index contributed by atoms with van der Waals surface area (Å²) < 4.78 is 5.31. The van der Waals surface area contributed by atoms with Crippen LogP contribution in [-0.2, 0) is 14.3 Å². The van der Waals surface area contributed by atoms with Gasteiger partial charge in [0.2, 0.25) is 0 Å².